The number of anilines is 1. The van der Waals surface area contributed by atoms with Crippen LogP contribution in [0.5, 0.6) is 0 Å². The summed E-state index contributed by atoms with van der Waals surface area (Å²) >= 11 is 7.89. The Morgan fingerprint density at radius 3 is 3.06 bits per heavy atom. The molecule has 94 valence electrons. The Kier molecular flexibility index (Phi) is 5.01. The van der Waals surface area contributed by atoms with E-state index in [-0.39, 0.29) is 0 Å². The normalized spacial score (nSPS) is 19.7. The van der Waals surface area contributed by atoms with Crippen LogP contribution in [0.1, 0.15) is 25.7 Å². The molecule has 2 rings (SSSR count). The van der Waals surface area contributed by atoms with Gasteiger partial charge in [-0.25, -0.2) is 0 Å². The Hall–Kier alpha value is -0.380. The van der Waals surface area contributed by atoms with Gasteiger partial charge < -0.3 is 11.1 Å². The molecule has 1 aliphatic heterocycles. The summed E-state index contributed by atoms with van der Waals surface area (Å²) in [6, 6.07) is 6.44. The highest BCUT2D eigenvalue weighted by Crippen LogP contribution is 2.33. The van der Waals surface area contributed by atoms with Crippen LogP contribution in [0.15, 0.2) is 23.1 Å². The van der Waals surface area contributed by atoms with Crippen LogP contribution in [0, 0.1) is 0 Å². The van der Waals surface area contributed by atoms with Gasteiger partial charge in [0.25, 0.3) is 0 Å². The zero-order chi connectivity index (χ0) is 12.1. The minimum absolute atomic E-state index is 0.735. The van der Waals surface area contributed by atoms with Crippen LogP contribution >= 0.6 is 23.4 Å². The van der Waals surface area contributed by atoms with Gasteiger partial charge in [0.2, 0.25) is 0 Å². The quantitative estimate of drug-likeness (QED) is 0.488. The van der Waals surface area contributed by atoms with Crippen LogP contribution in [0.25, 0.3) is 0 Å². The summed E-state index contributed by atoms with van der Waals surface area (Å²) in [4.78, 5) is 1.04. The molecule has 1 unspecified atom stereocenters. The summed E-state index contributed by atoms with van der Waals surface area (Å²) in [6.45, 7) is 1.19. The van der Waals surface area contributed by atoms with Gasteiger partial charge in [0.15, 0.2) is 0 Å². The van der Waals surface area contributed by atoms with Gasteiger partial charge in [0, 0.05) is 16.6 Å². The standard InChI is InChI=1S/C13H19ClN2S/c14-11-6-1-7-12(15)13(11)17-9-3-5-10-4-2-8-16-10/h1,6-7,10,16H,2-5,8-9,15H2. The van der Waals surface area contributed by atoms with Gasteiger partial charge >= 0.3 is 0 Å². The molecular formula is C13H19ClN2S. The van der Waals surface area contributed by atoms with Gasteiger partial charge in [-0.15, -0.1) is 11.8 Å². The van der Waals surface area contributed by atoms with Crippen molar-refractivity contribution in [3.63, 3.8) is 0 Å². The third kappa shape index (κ3) is 3.80. The topological polar surface area (TPSA) is 38.0 Å². The predicted octanol–water partition coefficient (Wildman–Crippen LogP) is 3.55. The number of benzene rings is 1. The van der Waals surface area contributed by atoms with Crippen LogP contribution in [-0.4, -0.2) is 18.3 Å². The van der Waals surface area contributed by atoms with Gasteiger partial charge in [0.05, 0.1) is 5.02 Å². The first-order valence-electron chi connectivity index (χ1n) is 6.17. The van der Waals surface area contributed by atoms with Crippen molar-refractivity contribution in [1.29, 1.82) is 0 Å². The molecular weight excluding hydrogens is 252 g/mol. The van der Waals surface area contributed by atoms with E-state index < -0.39 is 0 Å². The first kappa shape index (κ1) is 13.1. The van der Waals surface area contributed by atoms with Crippen LogP contribution in [0.4, 0.5) is 5.69 Å². The van der Waals surface area contributed by atoms with Crippen molar-refractivity contribution < 1.29 is 0 Å². The summed E-state index contributed by atoms with van der Waals surface area (Å²) in [6.07, 6.45) is 5.14. The second-order valence-corrected chi connectivity index (χ2v) is 5.95. The third-order valence-corrected chi connectivity index (χ3v) is 4.77. The Balaban J connectivity index is 1.74. The Morgan fingerprint density at radius 1 is 1.47 bits per heavy atom. The number of rotatable bonds is 5. The van der Waals surface area contributed by atoms with E-state index in [1.165, 1.54) is 32.2 Å². The lowest BCUT2D eigenvalue weighted by atomic mass is 10.1. The molecule has 0 spiro atoms. The molecule has 3 N–H and O–H groups in total. The van der Waals surface area contributed by atoms with Crippen molar-refractivity contribution in [2.45, 2.75) is 36.6 Å². The Labute approximate surface area is 112 Å². The molecule has 0 saturated carbocycles. The Morgan fingerprint density at radius 2 is 2.35 bits per heavy atom. The highest BCUT2D eigenvalue weighted by atomic mass is 35.5. The number of halogens is 1. The first-order chi connectivity index (χ1) is 8.27. The van der Waals surface area contributed by atoms with Crippen molar-refractivity contribution >= 4 is 29.1 Å². The number of thioether (sulfide) groups is 1. The van der Waals surface area contributed by atoms with Crippen LogP contribution < -0.4 is 11.1 Å². The molecule has 1 aliphatic rings. The molecule has 0 amide bonds. The maximum atomic E-state index is 6.12. The van der Waals surface area contributed by atoms with Crippen molar-refractivity contribution in [2.75, 3.05) is 18.0 Å². The molecule has 0 aromatic heterocycles. The average molecular weight is 271 g/mol. The predicted molar refractivity (Wildman–Crippen MR) is 76.8 cm³/mol. The van der Waals surface area contributed by atoms with E-state index in [9.17, 15) is 0 Å². The fourth-order valence-corrected chi connectivity index (χ4v) is 3.49. The minimum Gasteiger partial charge on any atom is -0.398 e. The summed E-state index contributed by atoms with van der Waals surface area (Å²) in [5.41, 5.74) is 6.70. The van der Waals surface area contributed by atoms with Crippen LogP contribution in [0.3, 0.4) is 0 Å². The van der Waals surface area contributed by atoms with E-state index in [0.717, 1.165) is 27.4 Å². The maximum absolute atomic E-state index is 6.12. The monoisotopic (exact) mass is 270 g/mol. The van der Waals surface area contributed by atoms with Crippen molar-refractivity contribution in [1.82, 2.24) is 5.32 Å². The van der Waals surface area contributed by atoms with Gasteiger partial charge in [0.1, 0.15) is 0 Å². The fourth-order valence-electron chi connectivity index (χ4n) is 2.18. The number of nitrogens with two attached hydrogens (primary N) is 1. The second kappa shape index (κ2) is 6.53. The molecule has 2 nitrogen and oxygen atoms in total. The number of nitrogen functional groups attached to an aromatic ring is 1. The molecule has 1 heterocycles. The van der Waals surface area contributed by atoms with Gasteiger partial charge in [-0.3, -0.25) is 0 Å². The molecule has 4 heteroatoms. The molecule has 17 heavy (non-hydrogen) atoms. The average Bonchev–Trinajstić information content (AvgIpc) is 2.80. The number of nitrogens with one attached hydrogen (secondary N) is 1. The largest absolute Gasteiger partial charge is 0.398 e. The van der Waals surface area contributed by atoms with E-state index in [1.807, 2.05) is 18.2 Å². The molecule has 1 atom stereocenters. The lowest BCUT2D eigenvalue weighted by Gasteiger charge is -2.10. The van der Waals surface area contributed by atoms with Crippen LogP contribution in [-0.2, 0) is 0 Å². The zero-order valence-electron chi connectivity index (χ0n) is 9.92. The van der Waals surface area contributed by atoms with Gasteiger partial charge in [-0.05, 0) is 50.1 Å². The second-order valence-electron chi connectivity index (χ2n) is 4.44. The minimum atomic E-state index is 0.735. The number of hydrogen-bond donors (Lipinski definition) is 2. The van der Waals surface area contributed by atoms with E-state index in [0.29, 0.717) is 0 Å². The summed E-state index contributed by atoms with van der Waals surface area (Å²) < 4.78 is 0. The molecule has 0 radical (unpaired) electrons. The zero-order valence-corrected chi connectivity index (χ0v) is 11.5. The summed E-state index contributed by atoms with van der Waals surface area (Å²) in [7, 11) is 0. The van der Waals surface area contributed by atoms with Crippen molar-refractivity contribution in [2.24, 2.45) is 0 Å². The molecule has 1 fully saturated rings. The fraction of sp³-hybridized carbons (Fsp3) is 0.538. The number of hydrogen-bond acceptors (Lipinski definition) is 3. The van der Waals surface area contributed by atoms with E-state index in [2.05, 4.69) is 5.32 Å². The lowest BCUT2D eigenvalue weighted by Crippen LogP contribution is -2.20. The van der Waals surface area contributed by atoms with E-state index in [4.69, 9.17) is 17.3 Å². The van der Waals surface area contributed by atoms with Crippen molar-refractivity contribution in [3.8, 4) is 0 Å². The SMILES string of the molecule is Nc1cccc(Cl)c1SCCCC1CCCN1. The maximum Gasteiger partial charge on any atom is 0.0562 e. The highest BCUT2D eigenvalue weighted by Gasteiger charge is 2.13. The smallest absolute Gasteiger partial charge is 0.0562 e. The van der Waals surface area contributed by atoms with E-state index in [1.54, 1.807) is 11.8 Å². The van der Waals surface area contributed by atoms with E-state index >= 15 is 0 Å². The van der Waals surface area contributed by atoms with Gasteiger partial charge in [-0.1, -0.05) is 17.7 Å². The van der Waals surface area contributed by atoms with Gasteiger partial charge in [-0.2, -0.15) is 0 Å². The first-order valence-corrected chi connectivity index (χ1v) is 7.54. The molecule has 0 bridgehead atoms. The lowest BCUT2D eigenvalue weighted by molar-refractivity contribution is 0.553. The highest BCUT2D eigenvalue weighted by molar-refractivity contribution is 7.99. The molecule has 0 aliphatic carbocycles. The van der Waals surface area contributed by atoms with Crippen molar-refractivity contribution in [3.05, 3.63) is 23.2 Å². The molecule has 1 aromatic rings. The van der Waals surface area contributed by atoms with Crippen LogP contribution in [0.2, 0.25) is 5.02 Å². The molecule has 1 saturated heterocycles. The Bertz CT molecular complexity index is 344. The molecule has 1 aromatic carbocycles. The summed E-state index contributed by atoms with van der Waals surface area (Å²) in [5, 5.41) is 4.29. The third-order valence-electron chi connectivity index (χ3n) is 3.10. The summed E-state index contributed by atoms with van der Waals surface area (Å²) in [5.74, 6) is 1.09.